The minimum atomic E-state index is 0.843. The number of thiazole rings is 1. The van der Waals surface area contributed by atoms with E-state index in [1.165, 1.54) is 43.6 Å². The number of rotatable bonds is 2. The van der Waals surface area contributed by atoms with Crippen molar-refractivity contribution in [3.63, 3.8) is 0 Å². The molecule has 1 aliphatic carbocycles. The molecule has 0 amide bonds. The van der Waals surface area contributed by atoms with Crippen molar-refractivity contribution >= 4 is 17.3 Å². The second-order valence-corrected chi connectivity index (χ2v) is 7.64. The van der Waals surface area contributed by atoms with Crippen molar-refractivity contribution in [1.29, 1.82) is 0 Å². The van der Waals surface area contributed by atoms with Gasteiger partial charge in [-0.3, -0.25) is 4.99 Å². The van der Waals surface area contributed by atoms with Crippen molar-refractivity contribution in [1.82, 2.24) is 15.2 Å². The van der Waals surface area contributed by atoms with Gasteiger partial charge >= 0.3 is 0 Å². The molecule has 1 N–H and O–H groups in total. The fourth-order valence-corrected chi connectivity index (χ4v) is 4.68. The molecule has 0 spiro atoms. The third kappa shape index (κ3) is 3.23. The average molecular weight is 306 g/mol. The zero-order chi connectivity index (χ0) is 14.8. The molecule has 0 radical (unpaired) electrons. The molecule has 21 heavy (non-hydrogen) atoms. The van der Waals surface area contributed by atoms with E-state index in [2.05, 4.69) is 34.0 Å². The first-order chi connectivity index (χ1) is 10.2. The first-order valence-corrected chi connectivity index (χ1v) is 8.87. The normalized spacial score (nSPS) is 26.0. The van der Waals surface area contributed by atoms with Gasteiger partial charge in [-0.15, -0.1) is 11.3 Å². The van der Waals surface area contributed by atoms with Crippen LogP contribution < -0.4 is 5.32 Å². The van der Waals surface area contributed by atoms with Crippen molar-refractivity contribution in [2.75, 3.05) is 20.1 Å². The van der Waals surface area contributed by atoms with Gasteiger partial charge in [-0.05, 0) is 38.5 Å². The van der Waals surface area contributed by atoms with Gasteiger partial charge in [-0.1, -0.05) is 12.8 Å². The number of guanidine groups is 1. The highest BCUT2D eigenvalue weighted by atomic mass is 32.1. The Morgan fingerprint density at radius 2 is 1.95 bits per heavy atom. The maximum Gasteiger partial charge on any atom is 0.193 e. The Labute approximate surface area is 131 Å². The van der Waals surface area contributed by atoms with Crippen LogP contribution in [0.1, 0.15) is 41.3 Å². The maximum atomic E-state index is 4.50. The summed E-state index contributed by atoms with van der Waals surface area (Å²) in [5.74, 6) is 2.85. The molecule has 0 aromatic carbocycles. The van der Waals surface area contributed by atoms with Gasteiger partial charge in [0.2, 0.25) is 0 Å². The zero-order valence-corrected chi connectivity index (χ0v) is 14.2. The molecule has 2 heterocycles. The summed E-state index contributed by atoms with van der Waals surface area (Å²) in [5.41, 5.74) is 1.15. The minimum Gasteiger partial charge on any atom is -0.351 e. The van der Waals surface area contributed by atoms with E-state index in [1.807, 2.05) is 7.05 Å². The predicted octanol–water partition coefficient (Wildman–Crippen LogP) is 2.96. The smallest absolute Gasteiger partial charge is 0.193 e. The molecule has 1 saturated heterocycles. The Hall–Kier alpha value is -1.10. The van der Waals surface area contributed by atoms with Crippen molar-refractivity contribution < 1.29 is 0 Å². The number of aryl methyl sites for hydroxylation is 2. The molecule has 1 aromatic rings. The first kappa shape index (κ1) is 14.8. The monoisotopic (exact) mass is 306 g/mol. The number of hydrogen-bond donors (Lipinski definition) is 1. The highest BCUT2D eigenvalue weighted by Gasteiger charge is 2.35. The van der Waals surface area contributed by atoms with E-state index in [0.717, 1.165) is 35.0 Å². The maximum absolute atomic E-state index is 4.50. The molecule has 2 fully saturated rings. The highest BCUT2D eigenvalue weighted by molar-refractivity contribution is 7.11. The Morgan fingerprint density at radius 3 is 2.48 bits per heavy atom. The van der Waals surface area contributed by atoms with Crippen LogP contribution in [-0.4, -0.2) is 36.0 Å². The number of nitrogens with one attached hydrogen (secondary N) is 1. The van der Waals surface area contributed by atoms with Gasteiger partial charge in [0.1, 0.15) is 0 Å². The van der Waals surface area contributed by atoms with Crippen LogP contribution in [0.5, 0.6) is 0 Å². The Morgan fingerprint density at radius 1 is 1.29 bits per heavy atom. The minimum absolute atomic E-state index is 0.843. The Kier molecular flexibility index (Phi) is 4.48. The fourth-order valence-electron chi connectivity index (χ4n) is 3.81. The lowest BCUT2D eigenvalue weighted by Gasteiger charge is -2.22. The summed E-state index contributed by atoms with van der Waals surface area (Å²) in [7, 11) is 1.90. The van der Waals surface area contributed by atoms with Crippen LogP contribution in [-0.2, 0) is 6.54 Å². The molecule has 1 saturated carbocycles. The summed E-state index contributed by atoms with van der Waals surface area (Å²) in [6, 6.07) is 0. The molecule has 116 valence electrons. The van der Waals surface area contributed by atoms with Crippen molar-refractivity contribution in [3.05, 3.63) is 15.6 Å². The Bertz CT molecular complexity index is 508. The zero-order valence-electron chi connectivity index (χ0n) is 13.4. The van der Waals surface area contributed by atoms with E-state index in [0.29, 0.717) is 0 Å². The SMILES string of the molecule is CN=C(NCc1sc(C)nc1C)N1CC2CCCCC2C1. The van der Waals surface area contributed by atoms with Gasteiger partial charge in [-0.25, -0.2) is 4.98 Å². The summed E-state index contributed by atoms with van der Waals surface area (Å²) in [5, 5.41) is 4.68. The highest BCUT2D eigenvalue weighted by Crippen LogP contribution is 2.35. The van der Waals surface area contributed by atoms with Gasteiger partial charge in [0.15, 0.2) is 5.96 Å². The summed E-state index contributed by atoms with van der Waals surface area (Å²) < 4.78 is 0. The van der Waals surface area contributed by atoms with Gasteiger partial charge in [0, 0.05) is 25.0 Å². The fraction of sp³-hybridized carbons (Fsp3) is 0.750. The molecule has 2 aliphatic rings. The van der Waals surface area contributed by atoms with E-state index in [9.17, 15) is 0 Å². The van der Waals surface area contributed by atoms with E-state index in [4.69, 9.17) is 0 Å². The number of fused-ring (bicyclic) bond motifs is 1. The van der Waals surface area contributed by atoms with Crippen LogP contribution in [0.4, 0.5) is 0 Å². The van der Waals surface area contributed by atoms with Crippen molar-refractivity contribution in [3.8, 4) is 0 Å². The summed E-state index contributed by atoms with van der Waals surface area (Å²) >= 11 is 1.78. The summed E-state index contributed by atoms with van der Waals surface area (Å²) in [6.45, 7) is 7.38. The van der Waals surface area contributed by atoms with E-state index in [1.54, 1.807) is 11.3 Å². The topological polar surface area (TPSA) is 40.5 Å². The molecular weight excluding hydrogens is 280 g/mol. The van der Waals surface area contributed by atoms with Gasteiger partial charge < -0.3 is 10.2 Å². The van der Waals surface area contributed by atoms with Crippen LogP contribution in [0.15, 0.2) is 4.99 Å². The van der Waals surface area contributed by atoms with Crippen LogP contribution in [0, 0.1) is 25.7 Å². The van der Waals surface area contributed by atoms with Gasteiger partial charge in [0.25, 0.3) is 0 Å². The number of aliphatic imine (C=N–C) groups is 1. The second kappa shape index (κ2) is 6.34. The molecular formula is C16H26N4S. The number of aromatic nitrogens is 1. The van der Waals surface area contributed by atoms with Gasteiger partial charge in [0.05, 0.1) is 17.2 Å². The lowest BCUT2D eigenvalue weighted by molar-refractivity contribution is 0.299. The average Bonchev–Trinajstić information content (AvgIpc) is 3.03. The molecule has 1 aromatic heterocycles. The van der Waals surface area contributed by atoms with Crippen LogP contribution in [0.25, 0.3) is 0 Å². The standard InChI is InChI=1S/C16H26N4S/c1-11-15(21-12(2)19-11)8-18-16(17-3)20-9-13-6-4-5-7-14(13)10-20/h13-14H,4-10H2,1-3H3,(H,17,18). The van der Waals surface area contributed by atoms with Crippen LogP contribution >= 0.6 is 11.3 Å². The molecule has 1 aliphatic heterocycles. The summed E-state index contributed by atoms with van der Waals surface area (Å²) in [4.78, 5) is 12.8. The molecule has 3 rings (SSSR count). The van der Waals surface area contributed by atoms with E-state index >= 15 is 0 Å². The molecule has 4 nitrogen and oxygen atoms in total. The molecule has 5 heteroatoms. The second-order valence-electron chi connectivity index (χ2n) is 6.35. The Balaban J connectivity index is 1.60. The quantitative estimate of drug-likeness (QED) is 0.674. The van der Waals surface area contributed by atoms with Gasteiger partial charge in [-0.2, -0.15) is 0 Å². The first-order valence-electron chi connectivity index (χ1n) is 8.06. The number of likely N-dealkylation sites (tertiary alicyclic amines) is 1. The predicted molar refractivity (Wildman–Crippen MR) is 88.8 cm³/mol. The molecule has 2 atom stereocenters. The molecule has 0 bridgehead atoms. The lowest BCUT2D eigenvalue weighted by Crippen LogP contribution is -2.39. The van der Waals surface area contributed by atoms with Crippen LogP contribution in [0.3, 0.4) is 0 Å². The van der Waals surface area contributed by atoms with E-state index in [-0.39, 0.29) is 0 Å². The van der Waals surface area contributed by atoms with Crippen LogP contribution in [0.2, 0.25) is 0 Å². The van der Waals surface area contributed by atoms with Crippen molar-refractivity contribution in [2.24, 2.45) is 16.8 Å². The largest absolute Gasteiger partial charge is 0.351 e. The third-order valence-electron chi connectivity index (χ3n) is 4.89. The van der Waals surface area contributed by atoms with E-state index < -0.39 is 0 Å². The van der Waals surface area contributed by atoms with Crippen molar-refractivity contribution in [2.45, 2.75) is 46.1 Å². The number of nitrogens with zero attached hydrogens (tertiary/aromatic N) is 3. The third-order valence-corrected chi connectivity index (χ3v) is 5.97. The summed E-state index contributed by atoms with van der Waals surface area (Å²) in [6.07, 6.45) is 5.65. The number of hydrogen-bond acceptors (Lipinski definition) is 3. The molecule has 2 unspecified atom stereocenters. The lowest BCUT2D eigenvalue weighted by atomic mass is 9.82.